The summed E-state index contributed by atoms with van der Waals surface area (Å²) >= 11 is 12.1. The van der Waals surface area contributed by atoms with Crippen LogP contribution in [0.1, 0.15) is 28.8 Å². The van der Waals surface area contributed by atoms with Crippen LogP contribution in [0.5, 0.6) is 0 Å². The predicted octanol–water partition coefficient (Wildman–Crippen LogP) is 7.77. The molecule has 194 valence electrons. The smallest absolute Gasteiger partial charge is 0.307 e. The third-order valence-electron chi connectivity index (χ3n) is 5.46. The number of halogens is 2. The number of anilines is 2. The highest BCUT2D eigenvalue weighted by molar-refractivity contribution is 6.39. The molecule has 4 aromatic carbocycles. The van der Waals surface area contributed by atoms with Crippen molar-refractivity contribution in [3.63, 3.8) is 0 Å². The molecule has 0 saturated heterocycles. The summed E-state index contributed by atoms with van der Waals surface area (Å²) in [7, 11) is 0. The number of para-hydroxylation sites is 2. The molecule has 0 aliphatic heterocycles. The Morgan fingerprint density at radius 1 is 0.632 bits per heavy atom. The zero-order valence-corrected chi connectivity index (χ0v) is 21.7. The van der Waals surface area contributed by atoms with Gasteiger partial charge in [0.2, 0.25) is 0 Å². The molecule has 6 nitrogen and oxygen atoms in total. The van der Waals surface area contributed by atoms with E-state index in [0.29, 0.717) is 32.5 Å². The summed E-state index contributed by atoms with van der Waals surface area (Å²) in [6, 6.07) is 29.4. The first-order chi connectivity index (χ1) is 18.2. The number of rotatable bonds is 9. The van der Waals surface area contributed by atoms with Crippen LogP contribution < -0.4 is 5.32 Å². The fourth-order valence-corrected chi connectivity index (χ4v) is 4.05. The van der Waals surface area contributed by atoms with Crippen LogP contribution in [0, 0.1) is 0 Å². The van der Waals surface area contributed by atoms with Gasteiger partial charge in [0.15, 0.2) is 5.78 Å². The van der Waals surface area contributed by atoms with Crippen molar-refractivity contribution in [3.8, 4) is 11.1 Å². The van der Waals surface area contributed by atoms with Gasteiger partial charge in [-0.25, -0.2) is 0 Å². The van der Waals surface area contributed by atoms with Crippen LogP contribution in [0.2, 0.25) is 10.0 Å². The second-order valence-corrected chi connectivity index (χ2v) is 9.02. The van der Waals surface area contributed by atoms with Gasteiger partial charge in [0.25, 0.3) is 0 Å². The molecular formula is C30H25Cl2NO5. The van der Waals surface area contributed by atoms with Gasteiger partial charge in [-0.2, -0.15) is 0 Å². The van der Waals surface area contributed by atoms with Crippen molar-refractivity contribution in [1.82, 2.24) is 0 Å². The molecule has 0 amide bonds. The van der Waals surface area contributed by atoms with E-state index in [2.05, 4.69) is 5.32 Å². The van der Waals surface area contributed by atoms with Gasteiger partial charge in [0, 0.05) is 17.7 Å². The van der Waals surface area contributed by atoms with Crippen molar-refractivity contribution in [1.29, 1.82) is 0 Å². The van der Waals surface area contributed by atoms with Gasteiger partial charge >= 0.3 is 11.9 Å². The fourth-order valence-electron chi connectivity index (χ4n) is 3.56. The van der Waals surface area contributed by atoms with Gasteiger partial charge in [0.1, 0.15) is 0 Å². The lowest BCUT2D eigenvalue weighted by Gasteiger charge is -2.13. The number of carboxylic acids is 2. The number of carboxylic acid groups (broad SMARTS) is 2. The highest BCUT2D eigenvalue weighted by atomic mass is 35.5. The first kappa shape index (κ1) is 28.4. The Hall–Kier alpha value is -4.13. The summed E-state index contributed by atoms with van der Waals surface area (Å²) in [6.07, 6.45) is -0.148. The Labute approximate surface area is 230 Å². The van der Waals surface area contributed by atoms with Gasteiger partial charge < -0.3 is 15.5 Å². The number of ketones is 1. The maximum absolute atomic E-state index is 11.7. The molecule has 8 heteroatoms. The SMILES string of the molecule is O=C(O)CCC(=O)c1ccc(-c2ccccc2)cc1.O=C(O)Cc1ccccc1Nc1c(Cl)cccc1Cl. The third kappa shape index (κ3) is 8.47. The molecule has 4 rings (SSSR count). The summed E-state index contributed by atoms with van der Waals surface area (Å²) < 4.78 is 0. The number of benzene rings is 4. The molecule has 0 saturated carbocycles. The number of aliphatic carboxylic acids is 2. The maximum atomic E-state index is 11.7. The zero-order valence-electron chi connectivity index (χ0n) is 20.2. The summed E-state index contributed by atoms with van der Waals surface area (Å²) in [5.74, 6) is -1.98. The highest BCUT2D eigenvalue weighted by Crippen LogP contribution is 2.33. The summed E-state index contributed by atoms with van der Waals surface area (Å²) in [5.41, 5.74) is 4.61. The summed E-state index contributed by atoms with van der Waals surface area (Å²) in [4.78, 5) is 33.0. The number of hydrogen-bond donors (Lipinski definition) is 3. The number of carbonyl (C=O) groups excluding carboxylic acids is 1. The van der Waals surface area contributed by atoms with Gasteiger partial charge in [-0.15, -0.1) is 0 Å². The molecule has 0 heterocycles. The normalized spacial score (nSPS) is 10.2. The van der Waals surface area contributed by atoms with E-state index in [1.165, 1.54) is 0 Å². The van der Waals surface area contributed by atoms with Gasteiger partial charge in [0.05, 0.1) is 28.6 Å². The first-order valence-electron chi connectivity index (χ1n) is 11.7. The van der Waals surface area contributed by atoms with Crippen LogP contribution in [0.25, 0.3) is 11.1 Å². The maximum Gasteiger partial charge on any atom is 0.307 e. The van der Waals surface area contributed by atoms with Gasteiger partial charge in [-0.1, -0.05) is 102 Å². The van der Waals surface area contributed by atoms with Crippen molar-refractivity contribution >= 4 is 52.3 Å². The van der Waals surface area contributed by atoms with Crippen molar-refractivity contribution in [2.45, 2.75) is 19.3 Å². The van der Waals surface area contributed by atoms with Crippen LogP contribution in [0.15, 0.2) is 97.1 Å². The minimum Gasteiger partial charge on any atom is -0.481 e. The number of nitrogens with one attached hydrogen (secondary N) is 1. The Bertz CT molecular complexity index is 1390. The molecule has 0 radical (unpaired) electrons. The van der Waals surface area contributed by atoms with E-state index in [1.807, 2.05) is 48.5 Å². The van der Waals surface area contributed by atoms with E-state index in [4.69, 9.17) is 33.4 Å². The minimum absolute atomic E-state index is 0.0417. The molecule has 0 aliphatic carbocycles. The molecule has 0 aliphatic rings. The second kappa shape index (κ2) is 14.0. The van der Waals surface area contributed by atoms with E-state index in [-0.39, 0.29) is 25.0 Å². The molecule has 3 N–H and O–H groups in total. The highest BCUT2D eigenvalue weighted by Gasteiger charge is 2.11. The Balaban J connectivity index is 0.000000211. The fraction of sp³-hybridized carbons (Fsp3) is 0.100. The average molecular weight is 550 g/mol. The van der Waals surface area contributed by atoms with E-state index < -0.39 is 11.9 Å². The number of Topliss-reactive ketones (excluding diaryl/α,β-unsaturated/α-hetero) is 1. The lowest BCUT2D eigenvalue weighted by molar-refractivity contribution is -0.137. The number of carbonyl (C=O) groups is 3. The Morgan fingerprint density at radius 2 is 1.21 bits per heavy atom. The molecule has 0 fully saturated rings. The quantitative estimate of drug-likeness (QED) is 0.184. The van der Waals surface area contributed by atoms with E-state index in [9.17, 15) is 14.4 Å². The van der Waals surface area contributed by atoms with E-state index >= 15 is 0 Å². The largest absolute Gasteiger partial charge is 0.481 e. The van der Waals surface area contributed by atoms with Crippen molar-refractivity contribution in [2.24, 2.45) is 0 Å². The minimum atomic E-state index is -0.950. The molecule has 38 heavy (non-hydrogen) atoms. The zero-order chi connectivity index (χ0) is 27.5. The van der Waals surface area contributed by atoms with Crippen molar-refractivity contribution < 1.29 is 24.6 Å². The average Bonchev–Trinajstić information content (AvgIpc) is 2.91. The molecule has 0 spiro atoms. The van der Waals surface area contributed by atoms with Crippen LogP contribution in [0.3, 0.4) is 0 Å². The molecular weight excluding hydrogens is 525 g/mol. The lowest BCUT2D eigenvalue weighted by Crippen LogP contribution is -2.04. The Kier molecular flexibility index (Phi) is 10.5. The molecule has 0 bridgehead atoms. The van der Waals surface area contributed by atoms with Gasteiger partial charge in [-0.05, 0) is 34.9 Å². The van der Waals surface area contributed by atoms with Crippen LogP contribution >= 0.6 is 23.2 Å². The lowest BCUT2D eigenvalue weighted by atomic mass is 10.0. The molecule has 4 aromatic rings. The Morgan fingerprint density at radius 3 is 1.82 bits per heavy atom. The third-order valence-corrected chi connectivity index (χ3v) is 6.09. The van der Waals surface area contributed by atoms with Crippen LogP contribution in [-0.4, -0.2) is 27.9 Å². The van der Waals surface area contributed by atoms with Crippen LogP contribution in [0.4, 0.5) is 11.4 Å². The van der Waals surface area contributed by atoms with Crippen LogP contribution in [-0.2, 0) is 16.0 Å². The topological polar surface area (TPSA) is 104 Å². The summed E-state index contributed by atoms with van der Waals surface area (Å²) in [6.45, 7) is 0. The van der Waals surface area contributed by atoms with Crippen molar-refractivity contribution in [3.05, 3.63) is 118 Å². The van der Waals surface area contributed by atoms with Gasteiger partial charge in [-0.3, -0.25) is 14.4 Å². The summed E-state index contributed by atoms with van der Waals surface area (Å²) in [5, 5.41) is 21.5. The molecule has 0 unspecified atom stereocenters. The molecule has 0 atom stereocenters. The molecule has 0 aromatic heterocycles. The monoisotopic (exact) mass is 549 g/mol. The number of hydrogen-bond acceptors (Lipinski definition) is 4. The van der Waals surface area contributed by atoms with Crippen molar-refractivity contribution in [2.75, 3.05) is 5.32 Å². The predicted molar refractivity (Wildman–Crippen MR) is 151 cm³/mol. The van der Waals surface area contributed by atoms with E-state index in [0.717, 1.165) is 11.1 Å². The second-order valence-electron chi connectivity index (χ2n) is 8.21. The first-order valence-corrected chi connectivity index (χ1v) is 12.4. The van der Waals surface area contributed by atoms with E-state index in [1.54, 1.807) is 48.5 Å². The standard InChI is InChI=1S/C16H14O3.C14H11Cl2NO2/c17-15(10-11-16(18)19)14-8-6-13(7-9-14)12-4-2-1-3-5-12;15-10-5-3-6-11(16)14(10)17-12-7-2-1-4-9(12)8-13(18)19/h1-9H,10-11H2,(H,18,19);1-7,17H,8H2,(H,18,19).